The molecule has 4 nitrogen and oxygen atoms in total. The quantitative estimate of drug-likeness (QED) is 0.793. The standard InChI is InChI=1S/C13H20N2O2/c1-10(2)17-7-6-13(16)15-12-5-3-4-11(8-12)9-14/h3-5,8,10H,6-7,9,14H2,1-2H3,(H,15,16). The highest BCUT2D eigenvalue weighted by atomic mass is 16.5. The molecule has 0 unspecified atom stereocenters. The van der Waals surface area contributed by atoms with Crippen LogP contribution in [0.2, 0.25) is 0 Å². The van der Waals surface area contributed by atoms with E-state index in [1.165, 1.54) is 0 Å². The molecule has 3 N–H and O–H groups in total. The van der Waals surface area contributed by atoms with Crippen molar-refractivity contribution in [1.82, 2.24) is 0 Å². The van der Waals surface area contributed by atoms with Gasteiger partial charge in [0.1, 0.15) is 0 Å². The zero-order valence-corrected chi connectivity index (χ0v) is 10.4. The number of benzene rings is 1. The molecule has 94 valence electrons. The number of ether oxygens (including phenoxy) is 1. The Morgan fingerprint density at radius 2 is 2.24 bits per heavy atom. The third-order valence-corrected chi connectivity index (χ3v) is 2.23. The number of nitrogens with two attached hydrogens (primary N) is 1. The van der Waals surface area contributed by atoms with Gasteiger partial charge in [0.25, 0.3) is 0 Å². The molecular formula is C13H20N2O2. The van der Waals surface area contributed by atoms with Gasteiger partial charge in [-0.3, -0.25) is 4.79 Å². The normalized spacial score (nSPS) is 10.6. The third kappa shape index (κ3) is 5.47. The molecule has 0 fully saturated rings. The molecule has 0 saturated carbocycles. The van der Waals surface area contributed by atoms with Gasteiger partial charge < -0.3 is 15.8 Å². The Bertz CT molecular complexity index is 364. The molecule has 0 heterocycles. The van der Waals surface area contributed by atoms with Crippen LogP contribution >= 0.6 is 0 Å². The topological polar surface area (TPSA) is 64.3 Å². The van der Waals surface area contributed by atoms with E-state index in [2.05, 4.69) is 5.32 Å². The molecule has 0 aliphatic rings. The predicted molar refractivity (Wildman–Crippen MR) is 68.7 cm³/mol. The molecule has 1 aromatic carbocycles. The largest absolute Gasteiger partial charge is 0.378 e. The second-order valence-corrected chi connectivity index (χ2v) is 4.12. The lowest BCUT2D eigenvalue weighted by molar-refractivity contribution is -0.117. The molecule has 1 amide bonds. The highest BCUT2D eigenvalue weighted by Crippen LogP contribution is 2.10. The minimum absolute atomic E-state index is 0.0418. The van der Waals surface area contributed by atoms with E-state index >= 15 is 0 Å². The monoisotopic (exact) mass is 236 g/mol. The Morgan fingerprint density at radius 3 is 2.88 bits per heavy atom. The fraction of sp³-hybridized carbons (Fsp3) is 0.462. The van der Waals surface area contributed by atoms with Crippen molar-refractivity contribution in [1.29, 1.82) is 0 Å². The number of carbonyl (C=O) groups excluding carboxylic acids is 1. The summed E-state index contributed by atoms with van der Waals surface area (Å²) in [6, 6.07) is 7.53. The number of anilines is 1. The third-order valence-electron chi connectivity index (χ3n) is 2.23. The summed E-state index contributed by atoms with van der Waals surface area (Å²) in [4.78, 5) is 11.6. The lowest BCUT2D eigenvalue weighted by atomic mass is 10.2. The van der Waals surface area contributed by atoms with Gasteiger partial charge in [-0.05, 0) is 31.5 Å². The maximum Gasteiger partial charge on any atom is 0.226 e. The summed E-state index contributed by atoms with van der Waals surface area (Å²) < 4.78 is 5.31. The van der Waals surface area contributed by atoms with Crippen LogP contribution < -0.4 is 11.1 Å². The van der Waals surface area contributed by atoms with Crippen molar-refractivity contribution in [2.45, 2.75) is 32.9 Å². The summed E-state index contributed by atoms with van der Waals surface area (Å²) in [6.45, 7) is 4.81. The molecule has 0 atom stereocenters. The molecule has 0 aliphatic heterocycles. The molecule has 1 aromatic rings. The minimum atomic E-state index is -0.0418. The highest BCUT2D eigenvalue weighted by Gasteiger charge is 2.03. The van der Waals surface area contributed by atoms with Gasteiger partial charge in [-0.25, -0.2) is 0 Å². The van der Waals surface area contributed by atoms with Crippen LogP contribution in [0, 0.1) is 0 Å². The van der Waals surface area contributed by atoms with E-state index in [4.69, 9.17) is 10.5 Å². The van der Waals surface area contributed by atoms with E-state index in [1.54, 1.807) is 0 Å². The van der Waals surface area contributed by atoms with Crippen LogP contribution in [0.4, 0.5) is 5.69 Å². The Morgan fingerprint density at radius 1 is 1.47 bits per heavy atom. The number of rotatable bonds is 6. The van der Waals surface area contributed by atoms with Crippen LogP contribution in [-0.2, 0) is 16.1 Å². The predicted octanol–water partition coefficient (Wildman–Crippen LogP) is 1.90. The van der Waals surface area contributed by atoms with Crippen molar-refractivity contribution < 1.29 is 9.53 Å². The minimum Gasteiger partial charge on any atom is -0.378 e. The van der Waals surface area contributed by atoms with E-state index in [0.29, 0.717) is 19.6 Å². The molecular weight excluding hydrogens is 216 g/mol. The summed E-state index contributed by atoms with van der Waals surface area (Å²) in [5, 5.41) is 2.82. The lowest BCUT2D eigenvalue weighted by Gasteiger charge is -2.08. The molecule has 4 heteroatoms. The first-order valence-electron chi connectivity index (χ1n) is 5.82. The van der Waals surface area contributed by atoms with Crippen molar-refractivity contribution in [3.63, 3.8) is 0 Å². The molecule has 17 heavy (non-hydrogen) atoms. The molecule has 0 bridgehead atoms. The van der Waals surface area contributed by atoms with E-state index in [1.807, 2.05) is 38.1 Å². The van der Waals surface area contributed by atoms with Gasteiger partial charge in [0.15, 0.2) is 0 Å². The highest BCUT2D eigenvalue weighted by molar-refractivity contribution is 5.90. The van der Waals surface area contributed by atoms with Gasteiger partial charge >= 0.3 is 0 Å². The van der Waals surface area contributed by atoms with Crippen LogP contribution in [-0.4, -0.2) is 18.6 Å². The Balaban J connectivity index is 2.39. The van der Waals surface area contributed by atoms with Crippen LogP contribution in [0.15, 0.2) is 24.3 Å². The second-order valence-electron chi connectivity index (χ2n) is 4.12. The fourth-order valence-corrected chi connectivity index (χ4v) is 1.39. The van der Waals surface area contributed by atoms with Crippen LogP contribution in [0.1, 0.15) is 25.8 Å². The number of amides is 1. The SMILES string of the molecule is CC(C)OCCC(=O)Nc1cccc(CN)c1. The zero-order chi connectivity index (χ0) is 12.7. The van der Waals surface area contributed by atoms with Crippen LogP contribution in [0.25, 0.3) is 0 Å². The van der Waals surface area contributed by atoms with Crippen molar-refractivity contribution in [2.75, 3.05) is 11.9 Å². The average Bonchev–Trinajstić information content (AvgIpc) is 2.28. The summed E-state index contributed by atoms with van der Waals surface area (Å²) in [7, 11) is 0. The van der Waals surface area contributed by atoms with E-state index in [9.17, 15) is 4.79 Å². The molecule has 0 spiro atoms. The molecule has 0 aliphatic carbocycles. The Labute approximate surface area is 102 Å². The van der Waals surface area contributed by atoms with Gasteiger partial charge in [-0.15, -0.1) is 0 Å². The number of carbonyl (C=O) groups is 1. The summed E-state index contributed by atoms with van der Waals surface area (Å²) in [5.74, 6) is -0.0418. The number of hydrogen-bond donors (Lipinski definition) is 2. The van der Waals surface area contributed by atoms with Crippen LogP contribution in [0.3, 0.4) is 0 Å². The first kappa shape index (κ1) is 13.7. The summed E-state index contributed by atoms with van der Waals surface area (Å²) in [6.07, 6.45) is 0.522. The number of nitrogens with one attached hydrogen (secondary N) is 1. The molecule has 0 radical (unpaired) electrons. The van der Waals surface area contributed by atoms with E-state index < -0.39 is 0 Å². The van der Waals surface area contributed by atoms with Crippen molar-refractivity contribution >= 4 is 11.6 Å². The Hall–Kier alpha value is -1.39. The second kappa shape index (κ2) is 7.04. The fourth-order valence-electron chi connectivity index (χ4n) is 1.39. The van der Waals surface area contributed by atoms with Crippen LogP contribution in [0.5, 0.6) is 0 Å². The van der Waals surface area contributed by atoms with Crippen molar-refractivity contribution in [3.05, 3.63) is 29.8 Å². The smallest absolute Gasteiger partial charge is 0.226 e. The summed E-state index contributed by atoms with van der Waals surface area (Å²) in [5.41, 5.74) is 7.31. The molecule has 1 rings (SSSR count). The zero-order valence-electron chi connectivity index (χ0n) is 10.4. The van der Waals surface area contributed by atoms with Gasteiger partial charge in [0.2, 0.25) is 5.91 Å². The molecule has 0 aromatic heterocycles. The summed E-state index contributed by atoms with van der Waals surface area (Å²) >= 11 is 0. The maximum absolute atomic E-state index is 11.6. The van der Waals surface area contributed by atoms with Crippen molar-refractivity contribution in [2.24, 2.45) is 5.73 Å². The lowest BCUT2D eigenvalue weighted by Crippen LogP contribution is -2.16. The van der Waals surface area contributed by atoms with Crippen molar-refractivity contribution in [3.8, 4) is 0 Å². The Kier molecular flexibility index (Phi) is 5.66. The van der Waals surface area contributed by atoms with Gasteiger partial charge in [0, 0.05) is 12.2 Å². The average molecular weight is 236 g/mol. The first-order chi connectivity index (χ1) is 8.11. The van der Waals surface area contributed by atoms with Gasteiger partial charge in [-0.1, -0.05) is 12.1 Å². The van der Waals surface area contributed by atoms with E-state index in [0.717, 1.165) is 11.3 Å². The molecule has 0 saturated heterocycles. The van der Waals surface area contributed by atoms with Gasteiger partial charge in [0.05, 0.1) is 19.1 Å². The number of hydrogen-bond acceptors (Lipinski definition) is 3. The van der Waals surface area contributed by atoms with E-state index in [-0.39, 0.29) is 12.0 Å². The first-order valence-corrected chi connectivity index (χ1v) is 5.82. The van der Waals surface area contributed by atoms with Gasteiger partial charge in [-0.2, -0.15) is 0 Å². The maximum atomic E-state index is 11.6.